The van der Waals surface area contributed by atoms with Crippen molar-refractivity contribution in [3.8, 4) is 0 Å². The third kappa shape index (κ3) is 3.86. The summed E-state index contributed by atoms with van der Waals surface area (Å²) in [6.07, 6.45) is 3.36. The Bertz CT molecular complexity index is 1310. The second kappa shape index (κ2) is 8.39. The van der Waals surface area contributed by atoms with E-state index in [1.807, 2.05) is 49.3 Å². The van der Waals surface area contributed by atoms with Crippen LogP contribution < -0.4 is 19.8 Å². The van der Waals surface area contributed by atoms with E-state index < -0.39 is 12.0 Å². The molecule has 3 aromatic rings. The molecule has 0 bridgehead atoms. The lowest BCUT2D eigenvalue weighted by molar-refractivity contribution is -0.139. The van der Waals surface area contributed by atoms with Crippen LogP contribution in [0.1, 0.15) is 31.2 Å². The van der Waals surface area contributed by atoms with E-state index in [1.165, 1.54) is 22.2 Å². The number of nitrogens with zero attached hydrogens (tertiary/aromatic N) is 3. The first kappa shape index (κ1) is 20.9. The number of ether oxygens (including phenoxy) is 1. The summed E-state index contributed by atoms with van der Waals surface area (Å²) in [5.41, 5.74) is 2.59. The maximum Gasteiger partial charge on any atom is 0.338 e. The molecule has 0 radical (unpaired) electrons. The number of hydrogen-bond acceptors (Lipinski definition) is 7. The Morgan fingerprint density at radius 3 is 2.65 bits per heavy atom. The molecule has 0 amide bonds. The van der Waals surface area contributed by atoms with E-state index in [9.17, 15) is 9.59 Å². The van der Waals surface area contributed by atoms with Crippen LogP contribution in [0, 0.1) is 0 Å². The number of anilines is 1. The molecule has 2 aromatic heterocycles. The van der Waals surface area contributed by atoms with Gasteiger partial charge >= 0.3 is 5.97 Å². The van der Waals surface area contributed by atoms with Crippen molar-refractivity contribution in [2.75, 3.05) is 25.6 Å². The van der Waals surface area contributed by atoms with E-state index in [2.05, 4.69) is 4.99 Å². The molecule has 0 saturated carbocycles. The zero-order valence-electron chi connectivity index (χ0n) is 17.8. The van der Waals surface area contributed by atoms with Gasteiger partial charge in [-0.1, -0.05) is 23.5 Å². The van der Waals surface area contributed by atoms with Crippen LogP contribution in [0.5, 0.6) is 0 Å². The smallest absolute Gasteiger partial charge is 0.338 e. The molecular weight excluding hydrogens is 414 g/mol. The number of hydrogen-bond donors (Lipinski definition) is 0. The Labute approximate surface area is 183 Å². The molecule has 1 aliphatic heterocycles. The molecule has 31 heavy (non-hydrogen) atoms. The molecular formula is C23H23N3O4S. The van der Waals surface area contributed by atoms with Crippen molar-refractivity contribution in [1.82, 2.24) is 4.57 Å². The fraction of sp³-hybridized carbons (Fsp3) is 0.261. The van der Waals surface area contributed by atoms with Crippen LogP contribution in [0.3, 0.4) is 0 Å². The molecule has 0 saturated heterocycles. The summed E-state index contributed by atoms with van der Waals surface area (Å²) in [4.78, 5) is 33.2. The normalized spacial score (nSPS) is 16.1. The van der Waals surface area contributed by atoms with Crippen LogP contribution in [0.4, 0.5) is 5.69 Å². The first-order valence-electron chi connectivity index (χ1n) is 9.91. The highest BCUT2D eigenvalue weighted by Crippen LogP contribution is 2.30. The number of benzene rings is 1. The van der Waals surface area contributed by atoms with Gasteiger partial charge in [0.15, 0.2) is 4.80 Å². The lowest BCUT2D eigenvalue weighted by Gasteiger charge is -2.22. The first-order chi connectivity index (χ1) is 14.9. The van der Waals surface area contributed by atoms with Gasteiger partial charge in [-0.2, -0.15) is 0 Å². The van der Waals surface area contributed by atoms with Crippen LogP contribution in [0.25, 0.3) is 6.08 Å². The molecule has 1 atom stereocenters. The molecule has 0 N–H and O–H groups in total. The molecule has 8 heteroatoms. The largest absolute Gasteiger partial charge is 0.467 e. The first-order valence-corrected chi connectivity index (χ1v) is 10.7. The van der Waals surface area contributed by atoms with Gasteiger partial charge in [0.2, 0.25) is 0 Å². The van der Waals surface area contributed by atoms with Crippen LogP contribution in [-0.2, 0) is 9.53 Å². The van der Waals surface area contributed by atoms with E-state index in [0.717, 1.165) is 11.3 Å². The van der Waals surface area contributed by atoms with E-state index in [1.54, 1.807) is 26.0 Å². The van der Waals surface area contributed by atoms with Crippen molar-refractivity contribution < 1.29 is 13.9 Å². The summed E-state index contributed by atoms with van der Waals surface area (Å²) in [5, 5.41) is 0. The number of furan rings is 1. The zero-order chi connectivity index (χ0) is 22.1. The molecule has 3 heterocycles. The van der Waals surface area contributed by atoms with Crippen molar-refractivity contribution in [1.29, 1.82) is 0 Å². The maximum absolute atomic E-state index is 13.4. The van der Waals surface area contributed by atoms with Gasteiger partial charge in [-0.15, -0.1) is 0 Å². The van der Waals surface area contributed by atoms with Gasteiger partial charge in [-0.3, -0.25) is 9.36 Å². The predicted molar refractivity (Wildman–Crippen MR) is 120 cm³/mol. The number of carbonyl (C=O) groups is 1. The molecule has 1 unspecified atom stereocenters. The number of carbonyl (C=O) groups excluding carboxylic acids is 1. The lowest BCUT2D eigenvalue weighted by Crippen LogP contribution is -2.39. The van der Waals surface area contributed by atoms with Gasteiger partial charge in [0.25, 0.3) is 5.56 Å². The fourth-order valence-electron chi connectivity index (χ4n) is 3.53. The van der Waals surface area contributed by atoms with Gasteiger partial charge in [0.05, 0.1) is 28.7 Å². The number of esters is 1. The molecule has 1 aromatic carbocycles. The van der Waals surface area contributed by atoms with Crippen LogP contribution in [-0.4, -0.2) is 31.2 Å². The summed E-state index contributed by atoms with van der Waals surface area (Å²) in [7, 11) is 3.95. The van der Waals surface area contributed by atoms with Crippen molar-refractivity contribution in [2.45, 2.75) is 19.9 Å². The van der Waals surface area contributed by atoms with E-state index in [0.29, 0.717) is 26.4 Å². The standard InChI is InChI=1S/C23H23N3O4S/c1-5-29-22(28)19-14(2)24-23-26(20(19)17-7-6-12-30-17)21(27)18(31-23)13-15-8-10-16(11-9-15)25(3)4/h6-13,20H,5H2,1-4H3/b18-13+. The summed E-state index contributed by atoms with van der Waals surface area (Å²) >= 11 is 1.29. The molecule has 1 aliphatic rings. The number of rotatable bonds is 5. The molecule has 0 spiro atoms. The molecule has 0 fully saturated rings. The van der Waals surface area contributed by atoms with Gasteiger partial charge in [0, 0.05) is 19.8 Å². The topological polar surface area (TPSA) is 77.0 Å². The van der Waals surface area contributed by atoms with Gasteiger partial charge < -0.3 is 14.1 Å². The monoisotopic (exact) mass is 437 g/mol. The van der Waals surface area contributed by atoms with E-state index >= 15 is 0 Å². The molecule has 0 aliphatic carbocycles. The van der Waals surface area contributed by atoms with Gasteiger partial charge in [0.1, 0.15) is 11.8 Å². The Morgan fingerprint density at radius 2 is 2.03 bits per heavy atom. The Balaban J connectivity index is 1.87. The minimum absolute atomic E-state index is 0.226. The maximum atomic E-state index is 13.4. The second-order valence-electron chi connectivity index (χ2n) is 7.30. The summed E-state index contributed by atoms with van der Waals surface area (Å²) in [6, 6.07) is 10.7. The SMILES string of the molecule is CCOC(=O)C1=C(C)N=c2s/c(=C/c3ccc(N(C)C)cc3)c(=O)n2C1c1ccco1. The number of fused-ring (bicyclic) bond motifs is 1. The highest BCUT2D eigenvalue weighted by molar-refractivity contribution is 7.07. The third-order valence-corrected chi connectivity index (χ3v) is 6.02. The Morgan fingerprint density at radius 1 is 1.29 bits per heavy atom. The highest BCUT2D eigenvalue weighted by Gasteiger charge is 2.34. The van der Waals surface area contributed by atoms with Gasteiger partial charge in [-0.25, -0.2) is 9.79 Å². The molecule has 4 rings (SSSR count). The van der Waals surface area contributed by atoms with Crippen LogP contribution in [0.15, 0.2) is 68.1 Å². The molecule has 160 valence electrons. The number of aromatic nitrogens is 1. The average Bonchev–Trinajstić information content (AvgIpc) is 3.36. The van der Waals surface area contributed by atoms with E-state index in [4.69, 9.17) is 9.15 Å². The fourth-order valence-corrected chi connectivity index (χ4v) is 4.57. The molecule has 7 nitrogen and oxygen atoms in total. The minimum atomic E-state index is -0.719. The quantitative estimate of drug-likeness (QED) is 0.573. The summed E-state index contributed by atoms with van der Waals surface area (Å²) < 4.78 is 12.9. The van der Waals surface area contributed by atoms with Crippen molar-refractivity contribution in [2.24, 2.45) is 4.99 Å². The Hall–Kier alpha value is -3.39. The van der Waals surface area contributed by atoms with Crippen molar-refractivity contribution in [3.05, 3.63) is 84.9 Å². The highest BCUT2D eigenvalue weighted by atomic mass is 32.1. The lowest BCUT2D eigenvalue weighted by atomic mass is 10.0. The van der Waals surface area contributed by atoms with Crippen molar-refractivity contribution in [3.63, 3.8) is 0 Å². The van der Waals surface area contributed by atoms with Crippen LogP contribution in [0.2, 0.25) is 0 Å². The van der Waals surface area contributed by atoms with Crippen LogP contribution >= 0.6 is 11.3 Å². The average molecular weight is 438 g/mol. The van der Waals surface area contributed by atoms with Gasteiger partial charge in [-0.05, 0) is 49.8 Å². The minimum Gasteiger partial charge on any atom is -0.467 e. The zero-order valence-corrected chi connectivity index (χ0v) is 18.6. The van der Waals surface area contributed by atoms with Crippen molar-refractivity contribution >= 4 is 29.1 Å². The summed E-state index contributed by atoms with van der Waals surface area (Å²) in [5.74, 6) is -0.0148. The summed E-state index contributed by atoms with van der Waals surface area (Å²) in [6.45, 7) is 3.72. The predicted octanol–water partition coefficient (Wildman–Crippen LogP) is 2.46. The van der Waals surface area contributed by atoms with E-state index in [-0.39, 0.29) is 12.2 Å². The number of allylic oxidation sites excluding steroid dienone is 1. The second-order valence-corrected chi connectivity index (χ2v) is 8.31. The Kier molecular flexibility index (Phi) is 5.65. The third-order valence-electron chi connectivity index (χ3n) is 5.04. The number of thiazole rings is 1.